The van der Waals surface area contributed by atoms with Gasteiger partial charge in [-0.15, -0.1) is 0 Å². The molecule has 22 heavy (non-hydrogen) atoms. The van der Waals surface area contributed by atoms with E-state index < -0.39 is 17.8 Å². The summed E-state index contributed by atoms with van der Waals surface area (Å²) in [5.74, 6) is 0.392. The van der Waals surface area contributed by atoms with E-state index in [-0.39, 0.29) is 11.5 Å². The summed E-state index contributed by atoms with van der Waals surface area (Å²) in [5.41, 5.74) is -0.843. The maximum atomic E-state index is 12.9. The first kappa shape index (κ1) is 15.9. The second-order valence-corrected chi connectivity index (χ2v) is 4.53. The lowest BCUT2D eigenvalue weighted by Gasteiger charge is -2.14. The molecule has 0 spiro atoms. The third kappa shape index (κ3) is 4.00. The maximum absolute atomic E-state index is 12.9. The SMILES string of the molecule is CC(C=O)Oc1ccc(Oc2ccccc2C(F)(F)F)cc1. The quantitative estimate of drug-likeness (QED) is 0.765. The Bertz CT molecular complexity index is 636. The minimum atomic E-state index is -4.49. The molecule has 0 fully saturated rings. The van der Waals surface area contributed by atoms with Crippen molar-refractivity contribution < 1.29 is 27.4 Å². The average molecular weight is 310 g/mol. The Labute approximate surface area is 125 Å². The molecule has 0 aliphatic carbocycles. The lowest BCUT2D eigenvalue weighted by atomic mass is 10.2. The van der Waals surface area contributed by atoms with Gasteiger partial charge in [0.25, 0.3) is 0 Å². The number of carbonyl (C=O) groups excluding carboxylic acids is 1. The summed E-state index contributed by atoms with van der Waals surface area (Å²) in [4.78, 5) is 10.5. The van der Waals surface area contributed by atoms with Crippen molar-refractivity contribution in [2.75, 3.05) is 0 Å². The van der Waals surface area contributed by atoms with E-state index >= 15 is 0 Å². The number of rotatable bonds is 5. The molecule has 3 nitrogen and oxygen atoms in total. The molecular weight excluding hydrogens is 297 g/mol. The van der Waals surface area contributed by atoms with Gasteiger partial charge < -0.3 is 9.47 Å². The molecular formula is C16H13F3O3. The Kier molecular flexibility index (Phi) is 4.70. The smallest absolute Gasteiger partial charge is 0.419 e. The van der Waals surface area contributed by atoms with Gasteiger partial charge in [-0.2, -0.15) is 13.2 Å². The summed E-state index contributed by atoms with van der Waals surface area (Å²) >= 11 is 0. The van der Waals surface area contributed by atoms with Gasteiger partial charge in [0.15, 0.2) is 12.4 Å². The van der Waals surface area contributed by atoms with Crippen LogP contribution in [0.3, 0.4) is 0 Å². The van der Waals surface area contributed by atoms with Crippen molar-refractivity contribution in [2.24, 2.45) is 0 Å². The molecule has 2 aromatic carbocycles. The minimum absolute atomic E-state index is 0.239. The first-order valence-corrected chi connectivity index (χ1v) is 6.46. The second kappa shape index (κ2) is 6.51. The van der Waals surface area contributed by atoms with E-state index in [0.717, 1.165) is 6.07 Å². The van der Waals surface area contributed by atoms with E-state index in [1.807, 2.05) is 0 Å². The summed E-state index contributed by atoms with van der Waals surface area (Å²) in [6.07, 6.45) is -4.44. The van der Waals surface area contributed by atoms with E-state index in [1.54, 1.807) is 6.92 Å². The van der Waals surface area contributed by atoms with E-state index in [2.05, 4.69) is 0 Å². The molecule has 0 saturated heterocycles. The first-order chi connectivity index (χ1) is 10.4. The fraction of sp³-hybridized carbons (Fsp3) is 0.188. The molecule has 6 heteroatoms. The highest BCUT2D eigenvalue weighted by Gasteiger charge is 2.34. The number of halogens is 3. The zero-order chi connectivity index (χ0) is 16.2. The Hall–Kier alpha value is -2.50. The van der Waals surface area contributed by atoms with Gasteiger partial charge in [-0.05, 0) is 43.3 Å². The lowest BCUT2D eigenvalue weighted by molar-refractivity contribution is -0.138. The van der Waals surface area contributed by atoms with Crippen molar-refractivity contribution in [3.63, 3.8) is 0 Å². The second-order valence-electron chi connectivity index (χ2n) is 4.53. The van der Waals surface area contributed by atoms with Gasteiger partial charge in [-0.1, -0.05) is 12.1 Å². The molecule has 0 aromatic heterocycles. The van der Waals surface area contributed by atoms with Crippen molar-refractivity contribution in [2.45, 2.75) is 19.2 Å². The van der Waals surface area contributed by atoms with Gasteiger partial charge >= 0.3 is 6.18 Å². The molecule has 2 rings (SSSR count). The topological polar surface area (TPSA) is 35.5 Å². The van der Waals surface area contributed by atoms with Crippen LogP contribution < -0.4 is 9.47 Å². The van der Waals surface area contributed by atoms with E-state index in [1.165, 1.54) is 42.5 Å². The van der Waals surface area contributed by atoms with Crippen LogP contribution in [0.4, 0.5) is 13.2 Å². The van der Waals surface area contributed by atoms with Gasteiger partial charge in [0.1, 0.15) is 17.2 Å². The molecule has 116 valence electrons. The Morgan fingerprint density at radius 1 is 1.00 bits per heavy atom. The number of alkyl halides is 3. The lowest BCUT2D eigenvalue weighted by Crippen LogP contribution is -2.12. The van der Waals surface area contributed by atoms with Crippen molar-refractivity contribution in [1.29, 1.82) is 0 Å². The van der Waals surface area contributed by atoms with E-state index in [9.17, 15) is 18.0 Å². The minimum Gasteiger partial charge on any atom is -0.483 e. The molecule has 1 unspecified atom stereocenters. The monoisotopic (exact) mass is 310 g/mol. The molecule has 0 amide bonds. The van der Waals surface area contributed by atoms with Gasteiger partial charge in [0.2, 0.25) is 0 Å². The highest BCUT2D eigenvalue weighted by atomic mass is 19.4. The zero-order valence-corrected chi connectivity index (χ0v) is 11.6. The average Bonchev–Trinajstić information content (AvgIpc) is 2.48. The Morgan fingerprint density at radius 3 is 2.18 bits per heavy atom. The van der Waals surface area contributed by atoms with Crippen LogP contribution in [0.25, 0.3) is 0 Å². The summed E-state index contributed by atoms with van der Waals surface area (Å²) < 4.78 is 49.1. The maximum Gasteiger partial charge on any atom is 0.419 e. The van der Waals surface area contributed by atoms with E-state index in [4.69, 9.17) is 9.47 Å². The van der Waals surface area contributed by atoms with Crippen molar-refractivity contribution in [3.05, 3.63) is 54.1 Å². The van der Waals surface area contributed by atoms with Crippen LogP contribution in [0.1, 0.15) is 12.5 Å². The largest absolute Gasteiger partial charge is 0.483 e. The zero-order valence-electron chi connectivity index (χ0n) is 11.6. The molecule has 2 aromatic rings. The molecule has 1 atom stereocenters. The summed E-state index contributed by atoms with van der Waals surface area (Å²) in [7, 11) is 0. The normalized spacial score (nSPS) is 12.5. The molecule has 0 N–H and O–H groups in total. The van der Waals surface area contributed by atoms with Crippen molar-refractivity contribution in [1.82, 2.24) is 0 Å². The van der Waals surface area contributed by atoms with Crippen molar-refractivity contribution in [3.8, 4) is 17.2 Å². The van der Waals surface area contributed by atoms with Crippen LogP contribution in [-0.2, 0) is 11.0 Å². The predicted octanol–water partition coefficient (Wildman–Crippen LogP) is 4.46. The first-order valence-electron chi connectivity index (χ1n) is 6.46. The summed E-state index contributed by atoms with van der Waals surface area (Å²) in [6, 6.07) is 11.0. The fourth-order valence-electron chi connectivity index (χ4n) is 1.75. The summed E-state index contributed by atoms with van der Waals surface area (Å²) in [6.45, 7) is 1.58. The number of hydrogen-bond donors (Lipinski definition) is 0. The Balaban J connectivity index is 2.17. The van der Waals surface area contributed by atoms with Gasteiger partial charge in [-0.3, -0.25) is 4.79 Å². The number of aldehydes is 1. The molecule has 0 saturated carbocycles. The number of benzene rings is 2. The molecule has 0 bridgehead atoms. The van der Waals surface area contributed by atoms with E-state index in [0.29, 0.717) is 12.0 Å². The highest BCUT2D eigenvalue weighted by molar-refractivity contribution is 5.56. The highest BCUT2D eigenvalue weighted by Crippen LogP contribution is 2.38. The van der Waals surface area contributed by atoms with Gasteiger partial charge in [-0.25, -0.2) is 0 Å². The van der Waals surface area contributed by atoms with Crippen LogP contribution in [-0.4, -0.2) is 12.4 Å². The Morgan fingerprint density at radius 2 is 1.59 bits per heavy atom. The van der Waals surface area contributed by atoms with Crippen molar-refractivity contribution >= 4 is 6.29 Å². The molecule has 0 aliphatic rings. The predicted molar refractivity (Wildman–Crippen MR) is 74.1 cm³/mol. The van der Waals surface area contributed by atoms with Crippen LogP contribution >= 0.6 is 0 Å². The number of para-hydroxylation sites is 1. The molecule has 0 aliphatic heterocycles. The fourth-order valence-corrected chi connectivity index (χ4v) is 1.75. The molecule has 0 radical (unpaired) electrons. The number of hydrogen-bond acceptors (Lipinski definition) is 3. The standard InChI is InChI=1S/C16H13F3O3/c1-11(10-20)21-12-6-8-13(9-7-12)22-15-5-3-2-4-14(15)16(17,18)19/h2-11H,1H3. The molecule has 0 heterocycles. The van der Waals surface area contributed by atoms with Crippen LogP contribution in [0.15, 0.2) is 48.5 Å². The number of carbonyl (C=O) groups is 1. The third-order valence-corrected chi connectivity index (χ3v) is 2.76. The van der Waals surface area contributed by atoms with Gasteiger partial charge in [0, 0.05) is 0 Å². The van der Waals surface area contributed by atoms with Crippen LogP contribution in [0.5, 0.6) is 17.2 Å². The van der Waals surface area contributed by atoms with Gasteiger partial charge in [0.05, 0.1) is 5.56 Å². The van der Waals surface area contributed by atoms with Crippen LogP contribution in [0, 0.1) is 0 Å². The number of ether oxygens (including phenoxy) is 2. The summed E-state index contributed by atoms with van der Waals surface area (Å²) in [5, 5.41) is 0. The van der Waals surface area contributed by atoms with Crippen LogP contribution in [0.2, 0.25) is 0 Å². The third-order valence-electron chi connectivity index (χ3n) is 2.76.